The fourth-order valence-corrected chi connectivity index (χ4v) is 8.12. The zero-order valence-corrected chi connectivity index (χ0v) is 26.5. The SMILES string of the molecule is C=CCN(Cc1ccccc1)C(=O)[C@@H]1[C@H]2C(=O)N([C@H](C)CO)C(C(=O)N(CC=C)c3c(C)cccc3Cl)C23CC[C@@]1(CC)O3. The third-order valence-electron chi connectivity index (χ3n) is 9.77. The zero-order valence-electron chi connectivity index (χ0n) is 25.7. The average Bonchev–Trinajstić information content (AvgIpc) is 3.63. The molecule has 5 rings (SSSR count). The van der Waals surface area contributed by atoms with Crippen LogP contribution in [-0.4, -0.2) is 75.6 Å². The van der Waals surface area contributed by atoms with Gasteiger partial charge in [-0.1, -0.05) is 73.1 Å². The number of para-hydroxylation sites is 1. The van der Waals surface area contributed by atoms with Gasteiger partial charge in [0.2, 0.25) is 11.8 Å². The molecule has 0 aliphatic carbocycles. The first-order chi connectivity index (χ1) is 21.1. The molecule has 44 heavy (non-hydrogen) atoms. The second-order valence-corrected chi connectivity index (χ2v) is 12.7. The maximum atomic E-state index is 14.8. The van der Waals surface area contributed by atoms with Crippen LogP contribution in [0.4, 0.5) is 5.69 Å². The molecule has 1 spiro atoms. The number of benzene rings is 2. The van der Waals surface area contributed by atoms with Crippen molar-refractivity contribution in [3.05, 3.63) is 90.0 Å². The normalized spacial score (nSPS) is 27.6. The molecule has 2 unspecified atom stereocenters. The number of aliphatic hydroxyl groups excluding tert-OH is 1. The summed E-state index contributed by atoms with van der Waals surface area (Å²) in [6.45, 7) is 13.8. The van der Waals surface area contributed by atoms with E-state index in [1.165, 1.54) is 4.90 Å². The molecular formula is C35H42ClN3O5. The van der Waals surface area contributed by atoms with Crippen molar-refractivity contribution in [2.45, 2.75) is 69.9 Å². The highest BCUT2D eigenvalue weighted by molar-refractivity contribution is 6.34. The summed E-state index contributed by atoms with van der Waals surface area (Å²) >= 11 is 6.66. The van der Waals surface area contributed by atoms with E-state index in [2.05, 4.69) is 13.2 Å². The molecule has 0 radical (unpaired) electrons. The quantitative estimate of drug-likeness (QED) is 0.341. The van der Waals surface area contributed by atoms with Gasteiger partial charge in [-0.05, 0) is 50.3 Å². The minimum absolute atomic E-state index is 0.154. The summed E-state index contributed by atoms with van der Waals surface area (Å²) < 4.78 is 6.96. The molecule has 9 heteroatoms. The molecule has 2 bridgehead atoms. The highest BCUT2D eigenvalue weighted by Crippen LogP contribution is 2.65. The van der Waals surface area contributed by atoms with Crippen LogP contribution in [-0.2, 0) is 25.7 Å². The lowest BCUT2D eigenvalue weighted by molar-refractivity contribution is -0.153. The monoisotopic (exact) mass is 619 g/mol. The van der Waals surface area contributed by atoms with E-state index in [1.54, 1.807) is 34.9 Å². The second-order valence-electron chi connectivity index (χ2n) is 12.2. The number of anilines is 1. The molecule has 3 fully saturated rings. The van der Waals surface area contributed by atoms with E-state index in [-0.39, 0.29) is 30.9 Å². The smallest absolute Gasteiger partial charge is 0.253 e. The Morgan fingerprint density at radius 2 is 1.82 bits per heavy atom. The van der Waals surface area contributed by atoms with Gasteiger partial charge in [0.05, 0.1) is 40.8 Å². The predicted molar refractivity (Wildman–Crippen MR) is 171 cm³/mol. The molecule has 0 saturated carbocycles. The number of amides is 3. The number of aryl methyl sites for hydroxylation is 1. The first kappa shape index (κ1) is 31.9. The highest BCUT2D eigenvalue weighted by Gasteiger charge is 2.79. The summed E-state index contributed by atoms with van der Waals surface area (Å²) in [6, 6.07) is 13.4. The molecule has 3 heterocycles. The lowest BCUT2D eigenvalue weighted by atomic mass is 9.64. The predicted octanol–water partition coefficient (Wildman–Crippen LogP) is 4.92. The van der Waals surface area contributed by atoms with E-state index in [1.807, 2.05) is 56.3 Å². The average molecular weight is 620 g/mol. The van der Waals surface area contributed by atoms with E-state index < -0.39 is 35.1 Å². The van der Waals surface area contributed by atoms with Crippen LogP contribution in [0, 0.1) is 18.8 Å². The number of halogens is 1. The molecule has 3 saturated heterocycles. The van der Waals surface area contributed by atoms with Crippen molar-refractivity contribution in [2.75, 3.05) is 24.6 Å². The van der Waals surface area contributed by atoms with Crippen molar-refractivity contribution in [2.24, 2.45) is 11.8 Å². The summed E-state index contributed by atoms with van der Waals surface area (Å²) in [5.74, 6) is -2.58. The molecule has 3 aliphatic heterocycles. The molecule has 3 amide bonds. The van der Waals surface area contributed by atoms with E-state index in [4.69, 9.17) is 16.3 Å². The summed E-state index contributed by atoms with van der Waals surface area (Å²) in [6.07, 6.45) is 4.80. The Kier molecular flexibility index (Phi) is 9.08. The van der Waals surface area contributed by atoms with Crippen LogP contribution in [0.3, 0.4) is 0 Å². The van der Waals surface area contributed by atoms with Crippen molar-refractivity contribution >= 4 is 35.0 Å². The molecule has 2 aromatic rings. The summed E-state index contributed by atoms with van der Waals surface area (Å²) in [5, 5.41) is 10.7. The molecule has 2 aromatic carbocycles. The minimum atomic E-state index is -1.24. The van der Waals surface area contributed by atoms with E-state index >= 15 is 0 Å². The van der Waals surface area contributed by atoms with Crippen molar-refractivity contribution < 1.29 is 24.2 Å². The number of likely N-dealkylation sites (tertiary alicyclic amines) is 1. The highest BCUT2D eigenvalue weighted by atomic mass is 35.5. The third-order valence-corrected chi connectivity index (χ3v) is 10.1. The number of carbonyl (C=O) groups excluding carboxylic acids is 3. The number of hydrogen-bond acceptors (Lipinski definition) is 5. The minimum Gasteiger partial charge on any atom is -0.394 e. The number of hydrogen-bond donors (Lipinski definition) is 1. The second kappa shape index (κ2) is 12.5. The van der Waals surface area contributed by atoms with Crippen LogP contribution in [0.25, 0.3) is 0 Å². The van der Waals surface area contributed by atoms with Gasteiger partial charge in [0.1, 0.15) is 11.6 Å². The van der Waals surface area contributed by atoms with Crippen LogP contribution >= 0.6 is 11.6 Å². The lowest BCUT2D eigenvalue weighted by Gasteiger charge is -2.39. The van der Waals surface area contributed by atoms with Crippen molar-refractivity contribution in [3.8, 4) is 0 Å². The van der Waals surface area contributed by atoms with Gasteiger partial charge in [-0.25, -0.2) is 0 Å². The fraction of sp³-hybridized carbons (Fsp3) is 0.457. The summed E-state index contributed by atoms with van der Waals surface area (Å²) in [5.41, 5.74) is 0.152. The Balaban J connectivity index is 1.62. The van der Waals surface area contributed by atoms with Crippen LogP contribution in [0.1, 0.15) is 44.2 Å². The third kappa shape index (κ3) is 4.97. The Morgan fingerprint density at radius 1 is 1.11 bits per heavy atom. The van der Waals surface area contributed by atoms with Crippen LogP contribution < -0.4 is 4.90 Å². The molecule has 6 atom stereocenters. The van der Waals surface area contributed by atoms with Gasteiger partial charge in [-0.3, -0.25) is 14.4 Å². The number of rotatable bonds is 12. The van der Waals surface area contributed by atoms with Crippen LogP contribution in [0.2, 0.25) is 5.02 Å². The first-order valence-electron chi connectivity index (χ1n) is 15.3. The van der Waals surface area contributed by atoms with Gasteiger partial charge in [-0.2, -0.15) is 0 Å². The van der Waals surface area contributed by atoms with Crippen LogP contribution in [0.15, 0.2) is 73.8 Å². The molecule has 234 valence electrons. The number of aliphatic hydroxyl groups is 1. The van der Waals surface area contributed by atoms with Gasteiger partial charge < -0.3 is 24.5 Å². The van der Waals surface area contributed by atoms with Gasteiger partial charge >= 0.3 is 0 Å². The van der Waals surface area contributed by atoms with Gasteiger partial charge in [-0.15, -0.1) is 13.2 Å². The van der Waals surface area contributed by atoms with E-state index in [9.17, 15) is 19.5 Å². The lowest BCUT2D eigenvalue weighted by Crippen LogP contribution is -2.58. The number of ether oxygens (including phenoxy) is 1. The number of carbonyl (C=O) groups is 3. The van der Waals surface area contributed by atoms with Crippen molar-refractivity contribution in [1.29, 1.82) is 0 Å². The first-order valence-corrected chi connectivity index (χ1v) is 15.7. The maximum absolute atomic E-state index is 14.8. The Labute approximate surface area is 264 Å². The van der Waals surface area contributed by atoms with Gasteiger partial charge in [0.15, 0.2) is 0 Å². The van der Waals surface area contributed by atoms with Crippen LogP contribution in [0.5, 0.6) is 0 Å². The van der Waals surface area contributed by atoms with Gasteiger partial charge in [0, 0.05) is 19.6 Å². The number of fused-ring (bicyclic) bond motifs is 1. The topological polar surface area (TPSA) is 90.4 Å². The van der Waals surface area contributed by atoms with Gasteiger partial charge in [0.25, 0.3) is 5.91 Å². The maximum Gasteiger partial charge on any atom is 0.253 e. The summed E-state index contributed by atoms with van der Waals surface area (Å²) in [4.78, 5) is 48.8. The molecule has 3 aliphatic rings. The summed E-state index contributed by atoms with van der Waals surface area (Å²) in [7, 11) is 0. The Morgan fingerprint density at radius 3 is 2.43 bits per heavy atom. The van der Waals surface area contributed by atoms with E-state index in [0.717, 1.165) is 11.1 Å². The molecule has 1 N–H and O–H groups in total. The zero-order chi connectivity index (χ0) is 31.8. The van der Waals surface area contributed by atoms with E-state index in [0.29, 0.717) is 43.1 Å². The number of nitrogens with zero attached hydrogens (tertiary/aromatic N) is 3. The molecule has 0 aromatic heterocycles. The molecule has 8 nitrogen and oxygen atoms in total. The molecular weight excluding hydrogens is 578 g/mol. The Bertz CT molecular complexity index is 1430. The van der Waals surface area contributed by atoms with Crippen molar-refractivity contribution in [3.63, 3.8) is 0 Å². The largest absolute Gasteiger partial charge is 0.394 e. The fourth-order valence-electron chi connectivity index (χ4n) is 7.79. The van der Waals surface area contributed by atoms with Crippen molar-refractivity contribution in [1.82, 2.24) is 9.80 Å². The standard InChI is InChI=1S/C35H42ClN3O5/c1-6-19-37(21-25-14-10-9-11-15-25)31(41)27-28-32(42)39(24(5)22-40)30(35(28)18-17-34(27,8-3)44-35)33(43)38(20-7-2)29-23(4)13-12-16-26(29)36/h6-7,9-16,24,27-28,30,40H,1-2,8,17-22H2,3-5H3/t24-,27+,28+,30?,34-,35?/m1/s1. The Hall–Kier alpha value is -3.46.